The minimum absolute atomic E-state index is 0.395. The molecular formula is C11H10Cl2. The highest BCUT2D eigenvalue weighted by Crippen LogP contribution is 2.62. The van der Waals surface area contributed by atoms with E-state index in [0.29, 0.717) is 11.8 Å². The van der Waals surface area contributed by atoms with Gasteiger partial charge in [0, 0.05) is 5.92 Å². The topological polar surface area (TPSA) is 0 Å². The van der Waals surface area contributed by atoms with Crippen LogP contribution in [0.15, 0.2) is 24.3 Å². The Hall–Kier alpha value is -0.200. The van der Waals surface area contributed by atoms with E-state index in [-0.39, 0.29) is 0 Å². The summed E-state index contributed by atoms with van der Waals surface area (Å²) in [5.41, 5.74) is 2.82. The summed E-state index contributed by atoms with van der Waals surface area (Å²) in [5.74, 6) is 1.10. The van der Waals surface area contributed by atoms with Gasteiger partial charge in [-0.25, -0.2) is 0 Å². The van der Waals surface area contributed by atoms with Crippen molar-refractivity contribution in [1.82, 2.24) is 0 Å². The molecule has 0 aromatic heterocycles. The highest BCUT2D eigenvalue weighted by Gasteiger charge is 2.55. The number of halogens is 2. The van der Waals surface area contributed by atoms with Crippen LogP contribution in [0.25, 0.3) is 0 Å². The molecular weight excluding hydrogens is 203 g/mol. The van der Waals surface area contributed by atoms with Crippen LogP contribution in [-0.2, 0) is 6.42 Å². The molecule has 68 valence electrons. The molecule has 0 spiro atoms. The molecule has 2 unspecified atom stereocenters. The number of rotatable bonds is 0. The van der Waals surface area contributed by atoms with Crippen molar-refractivity contribution in [3.8, 4) is 0 Å². The van der Waals surface area contributed by atoms with E-state index in [4.69, 9.17) is 23.2 Å². The van der Waals surface area contributed by atoms with E-state index >= 15 is 0 Å². The Morgan fingerprint density at radius 2 is 2.00 bits per heavy atom. The highest BCUT2D eigenvalue weighted by molar-refractivity contribution is 6.49. The quantitative estimate of drug-likeness (QED) is 0.578. The maximum Gasteiger partial charge on any atom is 0.125 e. The van der Waals surface area contributed by atoms with Crippen LogP contribution in [0.1, 0.15) is 23.5 Å². The van der Waals surface area contributed by atoms with Crippen LogP contribution < -0.4 is 0 Å². The summed E-state index contributed by atoms with van der Waals surface area (Å²) in [6.07, 6.45) is 2.12. The van der Waals surface area contributed by atoms with Gasteiger partial charge in [0.25, 0.3) is 0 Å². The lowest BCUT2D eigenvalue weighted by Crippen LogP contribution is -2.41. The van der Waals surface area contributed by atoms with E-state index in [2.05, 4.69) is 24.3 Å². The van der Waals surface area contributed by atoms with Gasteiger partial charge < -0.3 is 0 Å². The van der Waals surface area contributed by atoms with E-state index in [9.17, 15) is 0 Å². The van der Waals surface area contributed by atoms with Crippen molar-refractivity contribution in [2.24, 2.45) is 5.92 Å². The summed E-state index contributed by atoms with van der Waals surface area (Å²) in [6.45, 7) is 0. The maximum atomic E-state index is 6.20. The van der Waals surface area contributed by atoms with Gasteiger partial charge in [-0.05, 0) is 29.9 Å². The molecule has 2 aliphatic carbocycles. The first kappa shape index (κ1) is 8.14. The van der Waals surface area contributed by atoms with Crippen LogP contribution in [0.2, 0.25) is 0 Å². The molecule has 1 saturated carbocycles. The predicted molar refractivity (Wildman–Crippen MR) is 55.4 cm³/mol. The number of hydrogen-bond acceptors (Lipinski definition) is 0. The fourth-order valence-corrected chi connectivity index (χ4v) is 3.74. The van der Waals surface area contributed by atoms with Crippen molar-refractivity contribution in [3.63, 3.8) is 0 Å². The van der Waals surface area contributed by atoms with Gasteiger partial charge in [0.05, 0.1) is 0 Å². The maximum absolute atomic E-state index is 6.20. The molecule has 1 aromatic rings. The van der Waals surface area contributed by atoms with Gasteiger partial charge in [0.1, 0.15) is 4.33 Å². The summed E-state index contributed by atoms with van der Waals surface area (Å²) in [7, 11) is 0. The van der Waals surface area contributed by atoms with E-state index in [1.165, 1.54) is 17.5 Å². The third kappa shape index (κ3) is 0.992. The molecule has 0 amide bonds. The Morgan fingerprint density at radius 3 is 2.77 bits per heavy atom. The lowest BCUT2D eigenvalue weighted by molar-refractivity contribution is 0.258. The Morgan fingerprint density at radius 1 is 1.23 bits per heavy atom. The van der Waals surface area contributed by atoms with Crippen molar-refractivity contribution in [2.45, 2.75) is 23.1 Å². The molecule has 0 aliphatic heterocycles. The Labute approximate surface area is 87.9 Å². The van der Waals surface area contributed by atoms with Crippen LogP contribution in [-0.4, -0.2) is 4.33 Å². The van der Waals surface area contributed by atoms with Gasteiger partial charge in [-0.2, -0.15) is 0 Å². The van der Waals surface area contributed by atoms with Crippen molar-refractivity contribution in [3.05, 3.63) is 35.4 Å². The van der Waals surface area contributed by atoms with E-state index in [1.54, 1.807) is 0 Å². The first-order chi connectivity index (χ1) is 6.18. The van der Waals surface area contributed by atoms with E-state index < -0.39 is 4.33 Å². The van der Waals surface area contributed by atoms with E-state index in [0.717, 1.165) is 6.42 Å². The van der Waals surface area contributed by atoms with Crippen molar-refractivity contribution in [1.29, 1.82) is 0 Å². The summed E-state index contributed by atoms with van der Waals surface area (Å²) in [4.78, 5) is 0. The minimum atomic E-state index is -0.489. The standard InChI is InChI=1S/C11H10Cl2/c12-11(13)6-8-5-7-3-1-2-4-9(7)10(8)11/h1-4,8,10H,5-6H2. The second-order valence-electron chi connectivity index (χ2n) is 4.11. The molecule has 0 N–H and O–H groups in total. The van der Waals surface area contributed by atoms with Crippen LogP contribution in [0.5, 0.6) is 0 Å². The molecule has 13 heavy (non-hydrogen) atoms. The summed E-state index contributed by atoms with van der Waals surface area (Å²) < 4.78 is -0.489. The first-order valence-corrected chi connectivity index (χ1v) is 5.40. The fraction of sp³-hybridized carbons (Fsp3) is 0.455. The molecule has 3 rings (SSSR count). The molecule has 2 heteroatoms. The second kappa shape index (κ2) is 2.43. The zero-order chi connectivity index (χ0) is 9.05. The summed E-state index contributed by atoms with van der Waals surface area (Å²) in [6, 6.07) is 8.52. The van der Waals surface area contributed by atoms with Crippen LogP contribution in [0.4, 0.5) is 0 Å². The van der Waals surface area contributed by atoms with Gasteiger partial charge >= 0.3 is 0 Å². The largest absolute Gasteiger partial charge is 0.125 e. The van der Waals surface area contributed by atoms with Crippen LogP contribution in [0, 0.1) is 5.92 Å². The SMILES string of the molecule is ClC1(Cl)CC2Cc3ccccc3C21. The molecule has 2 aliphatic rings. The van der Waals surface area contributed by atoms with Crippen molar-refractivity contribution >= 4 is 23.2 Å². The van der Waals surface area contributed by atoms with Gasteiger partial charge in [-0.3, -0.25) is 0 Å². The Bertz CT molecular complexity index is 357. The second-order valence-corrected chi connectivity index (χ2v) is 5.65. The van der Waals surface area contributed by atoms with Gasteiger partial charge in [0.2, 0.25) is 0 Å². The average Bonchev–Trinajstić information content (AvgIpc) is 2.37. The molecule has 1 fully saturated rings. The number of fused-ring (bicyclic) bond motifs is 3. The first-order valence-electron chi connectivity index (χ1n) is 4.64. The molecule has 0 bridgehead atoms. The smallest absolute Gasteiger partial charge is 0.101 e. The molecule has 1 aromatic carbocycles. The van der Waals surface area contributed by atoms with Crippen molar-refractivity contribution in [2.75, 3.05) is 0 Å². The number of benzene rings is 1. The monoisotopic (exact) mass is 212 g/mol. The molecule has 0 saturated heterocycles. The minimum Gasteiger partial charge on any atom is -0.101 e. The molecule has 2 atom stereocenters. The zero-order valence-corrected chi connectivity index (χ0v) is 8.65. The van der Waals surface area contributed by atoms with Gasteiger partial charge in [0.15, 0.2) is 0 Å². The summed E-state index contributed by atoms with van der Waals surface area (Å²) >= 11 is 12.4. The van der Waals surface area contributed by atoms with Crippen LogP contribution in [0.3, 0.4) is 0 Å². The normalized spacial score (nSPS) is 33.4. The number of hydrogen-bond donors (Lipinski definition) is 0. The lowest BCUT2D eigenvalue weighted by atomic mass is 9.73. The van der Waals surface area contributed by atoms with E-state index in [1.807, 2.05) is 0 Å². The highest BCUT2D eigenvalue weighted by atomic mass is 35.5. The van der Waals surface area contributed by atoms with Crippen LogP contribution >= 0.6 is 23.2 Å². The Balaban J connectivity index is 2.09. The Kier molecular flexibility index (Phi) is 1.52. The average molecular weight is 213 g/mol. The predicted octanol–water partition coefficient (Wildman–Crippen LogP) is 3.52. The zero-order valence-electron chi connectivity index (χ0n) is 7.13. The third-order valence-electron chi connectivity index (χ3n) is 3.33. The molecule has 0 radical (unpaired) electrons. The fourth-order valence-electron chi connectivity index (χ4n) is 2.76. The van der Waals surface area contributed by atoms with Crippen molar-refractivity contribution < 1.29 is 0 Å². The molecule has 0 nitrogen and oxygen atoms in total. The molecule has 0 heterocycles. The summed E-state index contributed by atoms with van der Waals surface area (Å²) in [5, 5.41) is 0. The number of alkyl halides is 2. The third-order valence-corrected chi connectivity index (χ3v) is 4.11. The van der Waals surface area contributed by atoms with Gasteiger partial charge in [-0.1, -0.05) is 24.3 Å². The van der Waals surface area contributed by atoms with Gasteiger partial charge in [-0.15, -0.1) is 23.2 Å². The lowest BCUT2D eigenvalue weighted by Gasteiger charge is -2.43.